The van der Waals surface area contributed by atoms with Crippen molar-refractivity contribution in [3.63, 3.8) is 0 Å². The van der Waals surface area contributed by atoms with Crippen LogP contribution in [0, 0.1) is 5.92 Å². The zero-order valence-corrected chi connectivity index (χ0v) is 11.9. The van der Waals surface area contributed by atoms with E-state index < -0.39 is 6.10 Å². The Morgan fingerprint density at radius 1 is 1.25 bits per heavy atom. The zero-order valence-electron chi connectivity index (χ0n) is 11.9. The van der Waals surface area contributed by atoms with E-state index in [1.165, 1.54) is 6.42 Å². The average molecular weight is 272 g/mol. The molecule has 0 radical (unpaired) electrons. The highest BCUT2D eigenvalue weighted by Gasteiger charge is 2.36. The van der Waals surface area contributed by atoms with Crippen LogP contribution in [0.1, 0.15) is 49.4 Å². The summed E-state index contributed by atoms with van der Waals surface area (Å²) in [7, 11) is 0. The second-order valence-electron chi connectivity index (χ2n) is 5.46. The lowest BCUT2D eigenvalue weighted by Gasteiger charge is -2.09. The quantitative estimate of drug-likeness (QED) is 0.898. The van der Waals surface area contributed by atoms with E-state index >= 15 is 0 Å². The van der Waals surface area contributed by atoms with E-state index in [1.807, 2.05) is 43.3 Å². The molecule has 1 aromatic heterocycles. The molecule has 1 fully saturated rings. The molecule has 3 nitrogen and oxygen atoms in total. The Balaban J connectivity index is 1.74. The van der Waals surface area contributed by atoms with Crippen LogP contribution in [0.25, 0.3) is 0 Å². The molecule has 0 amide bonds. The molecular formula is C17H20O3. The van der Waals surface area contributed by atoms with Gasteiger partial charge in [-0.1, -0.05) is 19.1 Å². The van der Waals surface area contributed by atoms with Gasteiger partial charge in [0.1, 0.15) is 23.4 Å². The fraction of sp³-hybridized carbons (Fsp3) is 0.412. The van der Waals surface area contributed by atoms with E-state index in [0.717, 1.165) is 17.1 Å². The van der Waals surface area contributed by atoms with Gasteiger partial charge in [0.2, 0.25) is 0 Å². The van der Waals surface area contributed by atoms with Crippen molar-refractivity contribution in [2.24, 2.45) is 5.92 Å². The molecule has 0 spiro atoms. The third kappa shape index (κ3) is 2.59. The largest absolute Gasteiger partial charge is 0.494 e. The molecule has 1 N–H and O–H groups in total. The summed E-state index contributed by atoms with van der Waals surface area (Å²) in [6, 6.07) is 11.3. The lowest BCUT2D eigenvalue weighted by atomic mass is 10.1. The Bertz CT molecular complexity index is 570. The predicted octanol–water partition coefficient (Wildman–Crippen LogP) is 3.88. The summed E-state index contributed by atoms with van der Waals surface area (Å²) in [5, 5.41) is 10.4. The predicted molar refractivity (Wildman–Crippen MR) is 76.9 cm³/mol. The summed E-state index contributed by atoms with van der Waals surface area (Å²) in [6.07, 6.45) is 0.472. The van der Waals surface area contributed by atoms with E-state index in [2.05, 4.69) is 6.92 Å². The highest BCUT2D eigenvalue weighted by Crippen LogP contribution is 2.47. The maximum absolute atomic E-state index is 10.4. The number of hydrogen-bond acceptors (Lipinski definition) is 3. The van der Waals surface area contributed by atoms with Crippen molar-refractivity contribution in [2.45, 2.75) is 32.3 Å². The van der Waals surface area contributed by atoms with Crippen molar-refractivity contribution in [1.29, 1.82) is 0 Å². The van der Waals surface area contributed by atoms with Crippen LogP contribution in [0.4, 0.5) is 0 Å². The summed E-state index contributed by atoms with van der Waals surface area (Å²) < 4.78 is 11.2. The molecule has 0 aliphatic heterocycles. The van der Waals surface area contributed by atoms with Crippen LogP contribution in [0.15, 0.2) is 40.8 Å². The molecule has 1 saturated carbocycles. The first-order valence-corrected chi connectivity index (χ1v) is 7.19. The van der Waals surface area contributed by atoms with Gasteiger partial charge in [0.25, 0.3) is 0 Å². The number of aliphatic hydroxyl groups excluding tert-OH is 1. The Kier molecular flexibility index (Phi) is 3.53. The van der Waals surface area contributed by atoms with Crippen molar-refractivity contribution in [3.8, 4) is 5.75 Å². The first-order chi connectivity index (χ1) is 9.69. The molecule has 3 rings (SSSR count). The van der Waals surface area contributed by atoms with Crippen molar-refractivity contribution in [1.82, 2.24) is 0 Å². The normalized spacial score (nSPS) is 22.6. The molecule has 1 heterocycles. The Morgan fingerprint density at radius 2 is 1.95 bits per heavy atom. The van der Waals surface area contributed by atoms with Crippen molar-refractivity contribution in [2.75, 3.05) is 6.61 Å². The lowest BCUT2D eigenvalue weighted by molar-refractivity contribution is 0.186. The Morgan fingerprint density at radius 3 is 2.55 bits per heavy atom. The highest BCUT2D eigenvalue weighted by molar-refractivity contribution is 5.32. The molecule has 1 aliphatic rings. The van der Waals surface area contributed by atoms with Crippen LogP contribution >= 0.6 is 0 Å². The van der Waals surface area contributed by atoms with E-state index in [9.17, 15) is 5.11 Å². The van der Waals surface area contributed by atoms with Crippen molar-refractivity contribution in [3.05, 3.63) is 53.5 Å². The number of rotatable bonds is 5. The summed E-state index contributed by atoms with van der Waals surface area (Å²) in [6.45, 7) is 4.81. The van der Waals surface area contributed by atoms with Gasteiger partial charge in [-0.2, -0.15) is 0 Å². The fourth-order valence-corrected chi connectivity index (χ4v) is 2.51. The van der Waals surface area contributed by atoms with Crippen LogP contribution in [0.5, 0.6) is 5.75 Å². The first kappa shape index (κ1) is 13.3. The van der Waals surface area contributed by atoms with Crippen molar-refractivity contribution >= 4 is 0 Å². The van der Waals surface area contributed by atoms with E-state index in [4.69, 9.17) is 9.15 Å². The van der Waals surface area contributed by atoms with Gasteiger partial charge in [-0.3, -0.25) is 0 Å². The van der Waals surface area contributed by atoms with Crippen LogP contribution in [0.2, 0.25) is 0 Å². The zero-order chi connectivity index (χ0) is 14.1. The minimum absolute atomic E-state index is 0.538. The Hall–Kier alpha value is -1.74. The molecule has 106 valence electrons. The van der Waals surface area contributed by atoms with E-state index in [1.54, 1.807) is 0 Å². The number of hydrogen-bond donors (Lipinski definition) is 1. The summed E-state index contributed by atoms with van der Waals surface area (Å²) in [5.41, 5.74) is 0.818. The van der Waals surface area contributed by atoms with Gasteiger partial charge >= 0.3 is 0 Å². The first-order valence-electron chi connectivity index (χ1n) is 7.19. The third-order valence-corrected chi connectivity index (χ3v) is 3.90. The van der Waals surface area contributed by atoms with Crippen LogP contribution in [0.3, 0.4) is 0 Å². The number of ether oxygens (including phenoxy) is 1. The molecule has 3 unspecified atom stereocenters. The molecule has 3 heteroatoms. The summed E-state index contributed by atoms with van der Waals surface area (Å²) >= 11 is 0. The van der Waals surface area contributed by atoms with Gasteiger partial charge in [-0.25, -0.2) is 0 Å². The summed E-state index contributed by atoms with van der Waals surface area (Å²) in [5.74, 6) is 3.67. The van der Waals surface area contributed by atoms with Gasteiger partial charge in [-0.05, 0) is 49.1 Å². The van der Waals surface area contributed by atoms with Gasteiger partial charge in [0.15, 0.2) is 0 Å². The van der Waals surface area contributed by atoms with Gasteiger partial charge in [0, 0.05) is 5.92 Å². The minimum Gasteiger partial charge on any atom is -0.494 e. The maximum Gasteiger partial charge on any atom is 0.137 e. The van der Waals surface area contributed by atoms with Crippen LogP contribution in [-0.2, 0) is 0 Å². The number of benzene rings is 1. The SMILES string of the molecule is CCOc1ccc(C(O)c2ccc(C3CC3C)o2)cc1. The standard InChI is InChI=1S/C17H20O3/c1-3-19-13-6-4-12(5-7-13)17(18)16-9-8-15(20-16)14-10-11(14)2/h4-9,11,14,17-18H,3,10H2,1-2H3. The van der Waals surface area contributed by atoms with Crippen molar-refractivity contribution < 1.29 is 14.3 Å². The second-order valence-corrected chi connectivity index (χ2v) is 5.46. The third-order valence-electron chi connectivity index (χ3n) is 3.90. The molecule has 0 saturated heterocycles. The van der Waals surface area contributed by atoms with Gasteiger partial charge < -0.3 is 14.3 Å². The topological polar surface area (TPSA) is 42.6 Å². The number of furan rings is 1. The molecule has 1 aliphatic carbocycles. The van der Waals surface area contributed by atoms with Crippen LogP contribution in [-0.4, -0.2) is 11.7 Å². The highest BCUT2D eigenvalue weighted by atomic mass is 16.5. The maximum atomic E-state index is 10.4. The average Bonchev–Trinajstić information content (AvgIpc) is 3.01. The molecule has 1 aromatic carbocycles. The van der Waals surface area contributed by atoms with Crippen LogP contribution < -0.4 is 4.74 Å². The number of aliphatic hydroxyl groups is 1. The minimum atomic E-state index is -0.714. The fourth-order valence-electron chi connectivity index (χ4n) is 2.51. The molecular weight excluding hydrogens is 252 g/mol. The summed E-state index contributed by atoms with van der Waals surface area (Å²) in [4.78, 5) is 0. The molecule has 0 bridgehead atoms. The Labute approximate surface area is 119 Å². The molecule has 20 heavy (non-hydrogen) atoms. The van der Waals surface area contributed by atoms with Gasteiger partial charge in [-0.15, -0.1) is 0 Å². The van der Waals surface area contributed by atoms with E-state index in [-0.39, 0.29) is 0 Å². The second kappa shape index (κ2) is 5.33. The lowest BCUT2D eigenvalue weighted by Crippen LogP contribution is -1.98. The smallest absolute Gasteiger partial charge is 0.137 e. The monoisotopic (exact) mass is 272 g/mol. The molecule has 3 atom stereocenters. The van der Waals surface area contributed by atoms with Gasteiger partial charge in [0.05, 0.1) is 6.61 Å². The van der Waals surface area contributed by atoms with E-state index in [0.29, 0.717) is 24.2 Å². The molecule has 2 aromatic rings.